The third kappa shape index (κ3) is 3.33. The van der Waals surface area contributed by atoms with Crippen LogP contribution < -0.4 is 9.21 Å². The second-order valence-corrected chi connectivity index (χ2v) is 9.77. The molecule has 2 amide bonds. The van der Waals surface area contributed by atoms with E-state index in [0.29, 0.717) is 16.1 Å². The third-order valence-electron chi connectivity index (χ3n) is 4.68. The summed E-state index contributed by atoms with van der Waals surface area (Å²) >= 11 is 7.60. The van der Waals surface area contributed by atoms with Crippen molar-refractivity contribution in [3.05, 3.63) is 75.4 Å². The highest BCUT2D eigenvalue weighted by molar-refractivity contribution is 7.92. The smallest absolute Gasteiger partial charge is 0.266 e. The van der Waals surface area contributed by atoms with Crippen LogP contribution >= 0.6 is 22.9 Å². The highest BCUT2D eigenvalue weighted by Gasteiger charge is 2.35. The summed E-state index contributed by atoms with van der Waals surface area (Å²) in [6.45, 7) is 0. The summed E-state index contributed by atoms with van der Waals surface area (Å²) in [6, 6.07) is 14.3. The van der Waals surface area contributed by atoms with Crippen LogP contribution in [-0.2, 0) is 21.2 Å². The standard InChI is InChI=1S/C20H15ClN2O4S2/c1-22(13-5-3-2-4-6-13)29(26,27)14-7-8-16(21)17(11-14)23-19(24)12-18-15(20(23)25)9-10-28-18/h2-11H,12H2,1H3. The molecule has 0 radical (unpaired) electrons. The molecule has 0 atom stereocenters. The summed E-state index contributed by atoms with van der Waals surface area (Å²) in [5, 5.41) is 1.86. The molecule has 148 valence electrons. The molecule has 0 fully saturated rings. The van der Waals surface area contributed by atoms with Gasteiger partial charge in [0.1, 0.15) is 0 Å². The predicted octanol–water partition coefficient (Wildman–Crippen LogP) is 3.96. The van der Waals surface area contributed by atoms with Crippen LogP contribution in [0.3, 0.4) is 0 Å². The largest absolute Gasteiger partial charge is 0.274 e. The van der Waals surface area contributed by atoms with Gasteiger partial charge in [-0.1, -0.05) is 29.8 Å². The van der Waals surface area contributed by atoms with Crippen molar-refractivity contribution in [1.82, 2.24) is 0 Å². The van der Waals surface area contributed by atoms with E-state index in [1.54, 1.807) is 41.8 Å². The zero-order valence-electron chi connectivity index (χ0n) is 15.2. The van der Waals surface area contributed by atoms with Crippen molar-refractivity contribution in [1.29, 1.82) is 0 Å². The maximum absolute atomic E-state index is 13.1. The minimum absolute atomic E-state index is 0.0565. The van der Waals surface area contributed by atoms with Crippen LogP contribution in [0.25, 0.3) is 0 Å². The number of carbonyl (C=O) groups excluding carboxylic acids is 2. The van der Waals surface area contributed by atoms with Gasteiger partial charge in [-0.2, -0.15) is 0 Å². The number of sulfonamides is 1. The van der Waals surface area contributed by atoms with E-state index >= 15 is 0 Å². The second-order valence-electron chi connectivity index (χ2n) is 6.39. The van der Waals surface area contributed by atoms with Gasteiger partial charge >= 0.3 is 0 Å². The number of thiophene rings is 1. The van der Waals surface area contributed by atoms with Crippen LogP contribution in [0.15, 0.2) is 64.9 Å². The lowest BCUT2D eigenvalue weighted by molar-refractivity contribution is -0.117. The van der Waals surface area contributed by atoms with Crippen LogP contribution in [0.4, 0.5) is 11.4 Å². The molecule has 0 N–H and O–H groups in total. The van der Waals surface area contributed by atoms with Crippen LogP contribution in [-0.4, -0.2) is 27.3 Å². The monoisotopic (exact) mass is 446 g/mol. The molecule has 1 aliphatic heterocycles. The van der Waals surface area contributed by atoms with Gasteiger partial charge < -0.3 is 0 Å². The average molecular weight is 447 g/mol. The van der Waals surface area contributed by atoms with Gasteiger partial charge in [0.15, 0.2) is 0 Å². The highest BCUT2D eigenvalue weighted by Crippen LogP contribution is 2.35. The number of rotatable bonds is 4. The van der Waals surface area contributed by atoms with E-state index in [9.17, 15) is 18.0 Å². The molecule has 4 rings (SSSR count). The summed E-state index contributed by atoms with van der Waals surface area (Å²) < 4.78 is 27.3. The molecule has 0 aliphatic carbocycles. The first-order chi connectivity index (χ1) is 13.8. The van der Waals surface area contributed by atoms with E-state index in [2.05, 4.69) is 0 Å². The zero-order chi connectivity index (χ0) is 20.8. The fourth-order valence-corrected chi connectivity index (χ4v) is 5.40. The Morgan fingerprint density at radius 3 is 2.52 bits per heavy atom. The van der Waals surface area contributed by atoms with Crippen molar-refractivity contribution in [3.8, 4) is 0 Å². The number of fused-ring (bicyclic) bond motifs is 1. The number of halogens is 1. The molecule has 0 saturated heterocycles. The summed E-state index contributed by atoms with van der Waals surface area (Å²) in [5.74, 6) is -0.955. The number of nitrogens with zero attached hydrogens (tertiary/aromatic N) is 2. The van der Waals surface area contributed by atoms with E-state index < -0.39 is 21.8 Å². The molecule has 2 heterocycles. The van der Waals surface area contributed by atoms with Crippen molar-refractivity contribution >= 4 is 56.2 Å². The van der Waals surface area contributed by atoms with Gasteiger partial charge in [0.25, 0.3) is 15.9 Å². The maximum Gasteiger partial charge on any atom is 0.266 e. The molecular formula is C20H15ClN2O4S2. The fraction of sp³-hybridized carbons (Fsp3) is 0.100. The maximum atomic E-state index is 13.1. The highest BCUT2D eigenvalue weighted by atomic mass is 35.5. The number of carbonyl (C=O) groups is 2. The minimum atomic E-state index is -3.93. The van der Waals surface area contributed by atoms with Gasteiger partial charge in [0, 0.05) is 11.9 Å². The van der Waals surface area contributed by atoms with Crippen molar-refractivity contribution in [3.63, 3.8) is 0 Å². The Bertz CT molecular complexity index is 1220. The second kappa shape index (κ2) is 7.29. The Morgan fingerprint density at radius 2 is 1.79 bits per heavy atom. The number of anilines is 2. The van der Waals surface area contributed by atoms with Gasteiger partial charge in [-0.25, -0.2) is 13.3 Å². The first kappa shape index (κ1) is 19.6. The van der Waals surface area contributed by atoms with E-state index in [1.807, 2.05) is 0 Å². The predicted molar refractivity (Wildman–Crippen MR) is 113 cm³/mol. The Kier molecular flexibility index (Phi) is 4.94. The number of amides is 2. The lowest BCUT2D eigenvalue weighted by Gasteiger charge is -2.27. The van der Waals surface area contributed by atoms with E-state index in [-0.39, 0.29) is 22.0 Å². The van der Waals surface area contributed by atoms with Gasteiger partial charge in [-0.15, -0.1) is 11.3 Å². The lowest BCUT2D eigenvalue weighted by atomic mass is 10.1. The third-order valence-corrected chi connectivity index (χ3v) is 7.70. The molecule has 2 aromatic carbocycles. The summed E-state index contributed by atoms with van der Waals surface area (Å²) in [7, 11) is -2.49. The van der Waals surface area contributed by atoms with Crippen molar-refractivity contribution in [2.24, 2.45) is 0 Å². The molecule has 1 aliphatic rings. The number of benzene rings is 2. The number of para-hydroxylation sites is 1. The normalized spacial score (nSPS) is 14.1. The van der Waals surface area contributed by atoms with E-state index in [1.165, 1.54) is 36.6 Å². The topological polar surface area (TPSA) is 74.8 Å². The average Bonchev–Trinajstić information content (AvgIpc) is 3.18. The van der Waals surface area contributed by atoms with Crippen molar-refractivity contribution < 1.29 is 18.0 Å². The SMILES string of the molecule is CN(c1ccccc1)S(=O)(=O)c1ccc(Cl)c(N2C(=O)Cc3sccc3C2=O)c1. The van der Waals surface area contributed by atoms with Crippen LogP contribution in [0, 0.1) is 0 Å². The Balaban J connectivity index is 1.77. The number of imide groups is 1. The number of hydrogen-bond donors (Lipinski definition) is 0. The molecule has 0 spiro atoms. The fourth-order valence-electron chi connectivity index (χ4n) is 3.12. The molecular weight excluding hydrogens is 432 g/mol. The summed E-state index contributed by atoms with van der Waals surface area (Å²) in [6.07, 6.45) is 0.0654. The minimum Gasteiger partial charge on any atom is -0.274 e. The molecule has 1 aromatic heterocycles. The van der Waals surface area contributed by atoms with Gasteiger partial charge in [0.05, 0.1) is 33.3 Å². The summed E-state index contributed by atoms with van der Waals surface area (Å²) in [5.41, 5.74) is 0.971. The Labute approximate surface area is 177 Å². The van der Waals surface area contributed by atoms with E-state index in [4.69, 9.17) is 11.6 Å². The first-order valence-corrected chi connectivity index (χ1v) is 11.3. The Hall–Kier alpha value is -2.68. The van der Waals surface area contributed by atoms with Crippen LogP contribution in [0.2, 0.25) is 5.02 Å². The van der Waals surface area contributed by atoms with Crippen molar-refractivity contribution in [2.45, 2.75) is 11.3 Å². The molecule has 0 saturated carbocycles. The van der Waals surface area contributed by atoms with E-state index in [0.717, 1.165) is 9.21 Å². The zero-order valence-corrected chi connectivity index (χ0v) is 17.6. The van der Waals surface area contributed by atoms with Gasteiger partial charge in [-0.3, -0.25) is 13.9 Å². The summed E-state index contributed by atoms with van der Waals surface area (Å²) in [4.78, 5) is 27.1. The Morgan fingerprint density at radius 1 is 1.07 bits per heavy atom. The van der Waals surface area contributed by atoms with Crippen LogP contribution in [0.5, 0.6) is 0 Å². The molecule has 0 unspecified atom stereocenters. The molecule has 29 heavy (non-hydrogen) atoms. The van der Waals surface area contributed by atoms with Crippen molar-refractivity contribution in [2.75, 3.05) is 16.3 Å². The quantitative estimate of drug-likeness (QED) is 0.568. The van der Waals surface area contributed by atoms with Gasteiger partial charge in [-0.05, 0) is 41.8 Å². The van der Waals surface area contributed by atoms with Crippen LogP contribution in [0.1, 0.15) is 15.2 Å². The lowest BCUT2D eigenvalue weighted by Crippen LogP contribution is -2.42. The number of hydrogen-bond acceptors (Lipinski definition) is 5. The molecule has 9 heteroatoms. The molecule has 0 bridgehead atoms. The van der Waals surface area contributed by atoms with Gasteiger partial charge in [0.2, 0.25) is 5.91 Å². The molecule has 6 nitrogen and oxygen atoms in total. The molecule has 3 aromatic rings. The first-order valence-electron chi connectivity index (χ1n) is 8.58.